The second kappa shape index (κ2) is 6.72. The van der Waals surface area contributed by atoms with Crippen LogP contribution in [0.4, 0.5) is 0 Å². The van der Waals surface area contributed by atoms with Gasteiger partial charge in [-0.2, -0.15) is 0 Å². The van der Waals surface area contributed by atoms with Gasteiger partial charge in [0.2, 0.25) is 0 Å². The number of hydrogen-bond donors (Lipinski definition) is 0. The zero-order valence-electron chi connectivity index (χ0n) is 12.4. The van der Waals surface area contributed by atoms with Gasteiger partial charge in [-0.25, -0.2) is 0 Å². The van der Waals surface area contributed by atoms with Crippen molar-refractivity contribution in [2.45, 2.75) is 26.1 Å². The van der Waals surface area contributed by atoms with E-state index in [2.05, 4.69) is 63.9 Å². The van der Waals surface area contributed by atoms with E-state index in [1.165, 1.54) is 0 Å². The molecule has 0 saturated heterocycles. The second-order valence-corrected chi connectivity index (χ2v) is 7.32. The number of rotatable bonds is 3. The topological polar surface area (TPSA) is 9.23 Å². The van der Waals surface area contributed by atoms with Crippen LogP contribution in [0.25, 0.3) is 0 Å². The third kappa shape index (κ3) is 3.30. The summed E-state index contributed by atoms with van der Waals surface area (Å²) in [4.78, 5) is 0. The predicted molar refractivity (Wildman–Crippen MR) is 96.7 cm³/mol. The molecule has 0 aliphatic carbocycles. The van der Waals surface area contributed by atoms with Crippen LogP contribution in [0.2, 0.25) is 0 Å². The number of halogens is 3. The summed E-state index contributed by atoms with van der Waals surface area (Å²) in [5.74, 6) is 0.859. The van der Waals surface area contributed by atoms with Crippen LogP contribution in [0.3, 0.4) is 0 Å². The maximum absolute atomic E-state index is 6.81. The maximum atomic E-state index is 6.81. The maximum Gasteiger partial charge on any atom is 0.127 e. The molecule has 0 bridgehead atoms. The van der Waals surface area contributed by atoms with Crippen molar-refractivity contribution in [1.82, 2.24) is 0 Å². The molecule has 1 atom stereocenters. The molecule has 0 saturated carbocycles. The Kier molecular flexibility index (Phi) is 5.39. The van der Waals surface area contributed by atoms with Gasteiger partial charge in [0.05, 0.1) is 12.5 Å². The van der Waals surface area contributed by atoms with Crippen LogP contribution in [0.15, 0.2) is 33.2 Å². The first-order valence-electron chi connectivity index (χ1n) is 6.60. The third-order valence-electron chi connectivity index (χ3n) is 3.67. The highest BCUT2D eigenvalue weighted by Gasteiger charge is 2.22. The normalized spacial score (nSPS) is 12.3. The molecule has 112 valence electrons. The molecule has 1 unspecified atom stereocenters. The fourth-order valence-corrected chi connectivity index (χ4v) is 4.07. The standard InChI is InChI=1S/C17H17Br2ClO/c1-9-7-12(18)5-6-13(9)16(20)15-11(3)14(19)8-10(2)17(15)21-4/h5-8,16H,1-4H3. The lowest BCUT2D eigenvalue weighted by Crippen LogP contribution is -2.04. The SMILES string of the molecule is COc1c(C)cc(Br)c(C)c1C(Cl)c1ccc(Br)cc1C. The van der Waals surface area contributed by atoms with Crippen LogP contribution < -0.4 is 4.74 Å². The Morgan fingerprint density at radius 3 is 2.29 bits per heavy atom. The average molecular weight is 433 g/mol. The van der Waals surface area contributed by atoms with Crippen LogP contribution in [0.5, 0.6) is 5.75 Å². The van der Waals surface area contributed by atoms with E-state index in [0.29, 0.717) is 0 Å². The summed E-state index contributed by atoms with van der Waals surface area (Å²) in [6, 6.07) is 8.23. The Balaban J connectivity index is 2.65. The van der Waals surface area contributed by atoms with Gasteiger partial charge in [0.25, 0.3) is 0 Å². The van der Waals surface area contributed by atoms with Gasteiger partial charge in [0.1, 0.15) is 5.75 Å². The minimum atomic E-state index is -0.246. The van der Waals surface area contributed by atoms with E-state index in [-0.39, 0.29) is 5.38 Å². The van der Waals surface area contributed by atoms with E-state index in [9.17, 15) is 0 Å². The predicted octanol–water partition coefficient (Wildman–Crippen LogP) is 6.47. The molecule has 0 spiro atoms. The van der Waals surface area contributed by atoms with Crippen molar-refractivity contribution in [2.24, 2.45) is 0 Å². The number of methoxy groups -OCH3 is 1. The van der Waals surface area contributed by atoms with Crippen LogP contribution in [0, 0.1) is 20.8 Å². The lowest BCUT2D eigenvalue weighted by molar-refractivity contribution is 0.406. The van der Waals surface area contributed by atoms with Gasteiger partial charge in [0, 0.05) is 14.5 Å². The van der Waals surface area contributed by atoms with E-state index in [4.69, 9.17) is 16.3 Å². The van der Waals surface area contributed by atoms with Crippen molar-refractivity contribution in [3.63, 3.8) is 0 Å². The molecule has 1 nitrogen and oxygen atoms in total. The lowest BCUT2D eigenvalue weighted by Gasteiger charge is -2.21. The van der Waals surface area contributed by atoms with Crippen molar-refractivity contribution < 1.29 is 4.74 Å². The number of ether oxygens (including phenoxy) is 1. The smallest absolute Gasteiger partial charge is 0.127 e. The molecule has 0 fully saturated rings. The summed E-state index contributed by atoms with van der Waals surface area (Å²) in [5, 5.41) is -0.246. The van der Waals surface area contributed by atoms with E-state index < -0.39 is 0 Å². The first-order chi connectivity index (χ1) is 9.86. The summed E-state index contributed by atoms with van der Waals surface area (Å²) in [6.45, 7) is 6.16. The minimum absolute atomic E-state index is 0.246. The molecular weight excluding hydrogens is 415 g/mol. The summed E-state index contributed by atoms with van der Waals surface area (Å²) >= 11 is 13.9. The largest absolute Gasteiger partial charge is 0.496 e. The Hall–Kier alpha value is -0.510. The van der Waals surface area contributed by atoms with Crippen molar-refractivity contribution >= 4 is 43.5 Å². The van der Waals surface area contributed by atoms with Crippen molar-refractivity contribution in [2.75, 3.05) is 7.11 Å². The molecule has 0 aliphatic rings. The lowest BCUT2D eigenvalue weighted by atomic mass is 9.94. The Morgan fingerprint density at radius 1 is 1.05 bits per heavy atom. The van der Waals surface area contributed by atoms with Gasteiger partial charge in [-0.1, -0.05) is 37.9 Å². The Morgan fingerprint density at radius 2 is 1.71 bits per heavy atom. The van der Waals surface area contributed by atoms with E-state index in [0.717, 1.165) is 42.5 Å². The average Bonchev–Trinajstić information content (AvgIpc) is 2.41. The number of benzene rings is 2. The molecule has 2 rings (SSSR count). The first-order valence-corrected chi connectivity index (χ1v) is 8.62. The van der Waals surface area contributed by atoms with Crippen molar-refractivity contribution in [3.8, 4) is 5.75 Å². The number of alkyl halides is 1. The van der Waals surface area contributed by atoms with Crippen LogP contribution in [-0.2, 0) is 0 Å². The number of hydrogen-bond acceptors (Lipinski definition) is 1. The van der Waals surface area contributed by atoms with Gasteiger partial charge in [-0.05, 0) is 61.2 Å². The molecule has 2 aromatic rings. The van der Waals surface area contributed by atoms with Gasteiger partial charge in [-0.15, -0.1) is 11.6 Å². The van der Waals surface area contributed by atoms with Crippen molar-refractivity contribution in [3.05, 3.63) is 61.0 Å². The first kappa shape index (κ1) is 16.9. The zero-order valence-corrected chi connectivity index (χ0v) is 16.4. The van der Waals surface area contributed by atoms with Gasteiger partial charge < -0.3 is 4.74 Å². The fraction of sp³-hybridized carbons (Fsp3) is 0.294. The minimum Gasteiger partial charge on any atom is -0.496 e. The second-order valence-electron chi connectivity index (χ2n) is 5.11. The molecule has 0 aliphatic heterocycles. The van der Waals surface area contributed by atoms with Gasteiger partial charge >= 0.3 is 0 Å². The summed E-state index contributed by atoms with van der Waals surface area (Å²) < 4.78 is 7.71. The van der Waals surface area contributed by atoms with Crippen LogP contribution >= 0.6 is 43.5 Å². The number of aryl methyl sites for hydroxylation is 2. The molecule has 0 radical (unpaired) electrons. The van der Waals surface area contributed by atoms with Crippen molar-refractivity contribution in [1.29, 1.82) is 0 Å². The quantitative estimate of drug-likeness (QED) is 0.505. The summed E-state index contributed by atoms with van der Waals surface area (Å²) in [6.07, 6.45) is 0. The Labute approximate surface area is 147 Å². The highest BCUT2D eigenvalue weighted by atomic mass is 79.9. The van der Waals surface area contributed by atoms with Gasteiger partial charge in [-0.3, -0.25) is 0 Å². The summed E-state index contributed by atoms with van der Waals surface area (Å²) in [5.41, 5.74) is 5.46. The molecule has 2 aromatic carbocycles. The zero-order chi connectivity index (χ0) is 15.7. The van der Waals surface area contributed by atoms with E-state index in [1.807, 2.05) is 13.0 Å². The highest BCUT2D eigenvalue weighted by molar-refractivity contribution is 9.10. The molecule has 4 heteroatoms. The van der Waals surface area contributed by atoms with E-state index >= 15 is 0 Å². The molecular formula is C17H17Br2ClO. The van der Waals surface area contributed by atoms with Crippen LogP contribution in [0.1, 0.15) is 33.2 Å². The Bertz CT molecular complexity index is 683. The monoisotopic (exact) mass is 430 g/mol. The van der Waals surface area contributed by atoms with Crippen LogP contribution in [-0.4, -0.2) is 7.11 Å². The molecule has 0 N–H and O–H groups in total. The molecule has 0 aromatic heterocycles. The van der Waals surface area contributed by atoms with Gasteiger partial charge in [0.15, 0.2) is 0 Å². The van der Waals surface area contributed by atoms with E-state index in [1.54, 1.807) is 7.11 Å². The third-order valence-corrected chi connectivity index (χ3v) is 5.44. The molecule has 21 heavy (non-hydrogen) atoms. The fourth-order valence-electron chi connectivity index (χ4n) is 2.53. The molecule has 0 heterocycles. The molecule has 0 amide bonds. The summed E-state index contributed by atoms with van der Waals surface area (Å²) in [7, 11) is 1.69. The highest BCUT2D eigenvalue weighted by Crippen LogP contribution is 2.43.